The van der Waals surface area contributed by atoms with Gasteiger partial charge in [0.25, 0.3) is 0 Å². The molecule has 3 rings (SSSR count). The van der Waals surface area contributed by atoms with E-state index in [2.05, 4.69) is 22.2 Å². The molecule has 1 aliphatic heterocycles. The molecule has 1 unspecified atom stereocenters. The van der Waals surface area contributed by atoms with E-state index in [1.165, 1.54) is 12.8 Å². The highest BCUT2D eigenvalue weighted by Gasteiger charge is 2.30. The minimum absolute atomic E-state index is 0.377. The van der Waals surface area contributed by atoms with Crippen LogP contribution in [0.15, 0.2) is 0 Å². The highest BCUT2D eigenvalue weighted by molar-refractivity contribution is 5.08. The van der Waals surface area contributed by atoms with Crippen molar-refractivity contribution in [1.82, 2.24) is 25.0 Å². The molecule has 1 N–H and O–H groups in total. The van der Waals surface area contributed by atoms with E-state index in [-0.39, 0.29) is 0 Å². The molecule has 17 heavy (non-hydrogen) atoms. The Morgan fingerprint density at radius 1 is 1.29 bits per heavy atom. The predicted molar refractivity (Wildman–Crippen MR) is 65.8 cm³/mol. The highest BCUT2D eigenvalue weighted by atomic mass is 15.4. The maximum Gasteiger partial charge on any atom is 0.154 e. The van der Waals surface area contributed by atoms with Crippen LogP contribution < -0.4 is 5.32 Å². The number of hydrogen-bond acceptors (Lipinski definition) is 4. The van der Waals surface area contributed by atoms with Crippen molar-refractivity contribution in [2.45, 2.75) is 31.7 Å². The molecule has 1 saturated heterocycles. The molecule has 94 valence electrons. The number of aryl methyl sites for hydroxylation is 1. The van der Waals surface area contributed by atoms with Crippen molar-refractivity contribution < 1.29 is 0 Å². The number of hydrogen-bond donors (Lipinski definition) is 1. The Bertz CT molecular complexity index is 390. The van der Waals surface area contributed by atoms with Crippen LogP contribution in [0.4, 0.5) is 0 Å². The first-order valence-corrected chi connectivity index (χ1v) is 6.61. The van der Waals surface area contributed by atoms with Gasteiger partial charge in [0.15, 0.2) is 5.82 Å². The molecule has 0 amide bonds. The number of nitrogens with one attached hydrogen (secondary N) is 1. The zero-order valence-electron chi connectivity index (χ0n) is 10.7. The minimum atomic E-state index is 0.377. The lowest BCUT2D eigenvalue weighted by Gasteiger charge is -2.31. The molecule has 5 heteroatoms. The summed E-state index contributed by atoms with van der Waals surface area (Å²) in [4.78, 5) is 7.22. The molecule has 1 aromatic rings. The van der Waals surface area contributed by atoms with Gasteiger partial charge in [0.2, 0.25) is 0 Å². The Morgan fingerprint density at radius 2 is 2.00 bits per heavy atom. The van der Waals surface area contributed by atoms with Gasteiger partial charge < -0.3 is 5.32 Å². The van der Waals surface area contributed by atoms with Gasteiger partial charge in [-0.15, -0.1) is 0 Å². The summed E-state index contributed by atoms with van der Waals surface area (Å²) < 4.78 is 1.97. The molecule has 0 aromatic carbocycles. The molecule has 1 atom stereocenters. The largest absolute Gasteiger partial charge is 0.314 e. The summed E-state index contributed by atoms with van der Waals surface area (Å²) in [5.74, 6) is 2.82. The minimum Gasteiger partial charge on any atom is -0.314 e. The molecule has 0 spiro atoms. The van der Waals surface area contributed by atoms with E-state index in [0.717, 1.165) is 37.8 Å². The molecule has 1 aromatic heterocycles. The fraction of sp³-hybridized carbons (Fsp3) is 0.833. The van der Waals surface area contributed by atoms with E-state index in [9.17, 15) is 0 Å². The summed E-state index contributed by atoms with van der Waals surface area (Å²) in [7, 11) is 2.02. The fourth-order valence-corrected chi connectivity index (χ4v) is 2.53. The lowest BCUT2D eigenvalue weighted by molar-refractivity contribution is 0.176. The zero-order chi connectivity index (χ0) is 11.8. The third-order valence-electron chi connectivity index (χ3n) is 3.83. The van der Waals surface area contributed by atoms with Gasteiger partial charge in [-0.2, -0.15) is 5.10 Å². The van der Waals surface area contributed by atoms with Gasteiger partial charge in [-0.1, -0.05) is 0 Å². The summed E-state index contributed by atoms with van der Waals surface area (Å²) >= 11 is 0. The number of nitrogens with zero attached hydrogens (tertiary/aromatic N) is 4. The van der Waals surface area contributed by atoms with Crippen molar-refractivity contribution in [3.63, 3.8) is 0 Å². The quantitative estimate of drug-likeness (QED) is 0.836. The Balaban J connectivity index is 1.76. The van der Waals surface area contributed by atoms with Crippen LogP contribution in [0, 0.1) is 0 Å². The van der Waals surface area contributed by atoms with Gasteiger partial charge in [-0.25, -0.2) is 4.98 Å². The van der Waals surface area contributed by atoms with Gasteiger partial charge in [-0.05, 0) is 19.8 Å². The number of piperazine rings is 1. The van der Waals surface area contributed by atoms with Crippen LogP contribution in [0.1, 0.15) is 43.4 Å². The number of rotatable bonds is 3. The van der Waals surface area contributed by atoms with Crippen LogP contribution in [0.2, 0.25) is 0 Å². The summed E-state index contributed by atoms with van der Waals surface area (Å²) in [6.07, 6.45) is 2.54. The average Bonchev–Trinajstić information content (AvgIpc) is 3.13. The monoisotopic (exact) mass is 235 g/mol. The average molecular weight is 235 g/mol. The van der Waals surface area contributed by atoms with Crippen molar-refractivity contribution in [2.24, 2.45) is 7.05 Å². The van der Waals surface area contributed by atoms with Gasteiger partial charge in [0.1, 0.15) is 5.82 Å². The van der Waals surface area contributed by atoms with E-state index < -0.39 is 0 Å². The van der Waals surface area contributed by atoms with Crippen LogP contribution >= 0.6 is 0 Å². The van der Waals surface area contributed by atoms with Gasteiger partial charge in [0, 0.05) is 39.1 Å². The van der Waals surface area contributed by atoms with Crippen LogP contribution in [0.5, 0.6) is 0 Å². The summed E-state index contributed by atoms with van der Waals surface area (Å²) in [6.45, 7) is 6.61. The van der Waals surface area contributed by atoms with Crippen molar-refractivity contribution >= 4 is 0 Å². The molecule has 1 aliphatic carbocycles. The molecule has 1 saturated carbocycles. The second-order valence-corrected chi connectivity index (χ2v) is 5.19. The van der Waals surface area contributed by atoms with E-state index in [1.807, 2.05) is 11.7 Å². The van der Waals surface area contributed by atoms with Crippen LogP contribution in [0.3, 0.4) is 0 Å². The lowest BCUT2D eigenvalue weighted by atomic mass is 10.2. The number of aromatic nitrogens is 3. The van der Waals surface area contributed by atoms with Crippen molar-refractivity contribution in [1.29, 1.82) is 0 Å². The molecule has 2 aliphatic rings. The van der Waals surface area contributed by atoms with Crippen LogP contribution in [-0.4, -0.2) is 45.8 Å². The Kier molecular flexibility index (Phi) is 2.88. The Labute approximate surface area is 102 Å². The second-order valence-electron chi connectivity index (χ2n) is 5.19. The van der Waals surface area contributed by atoms with E-state index in [0.29, 0.717) is 12.0 Å². The van der Waals surface area contributed by atoms with Crippen molar-refractivity contribution in [2.75, 3.05) is 26.2 Å². The second kappa shape index (κ2) is 4.38. The fourth-order valence-electron chi connectivity index (χ4n) is 2.53. The third kappa shape index (κ3) is 2.21. The van der Waals surface area contributed by atoms with Crippen molar-refractivity contribution in [3.05, 3.63) is 11.6 Å². The topological polar surface area (TPSA) is 46.0 Å². The molecule has 2 fully saturated rings. The van der Waals surface area contributed by atoms with E-state index in [1.54, 1.807) is 0 Å². The van der Waals surface area contributed by atoms with Crippen molar-refractivity contribution in [3.8, 4) is 0 Å². The van der Waals surface area contributed by atoms with Crippen LogP contribution in [0.25, 0.3) is 0 Å². The first-order valence-electron chi connectivity index (χ1n) is 6.61. The zero-order valence-corrected chi connectivity index (χ0v) is 10.7. The summed E-state index contributed by atoms with van der Waals surface area (Å²) in [5.41, 5.74) is 0. The predicted octanol–water partition coefficient (Wildman–Crippen LogP) is 0.659. The standard InChI is InChI=1S/C12H21N5/c1-9(17-7-5-13-6-8-17)12-14-11(10-3-4-10)15-16(12)2/h9-10,13H,3-8H2,1-2H3. The maximum atomic E-state index is 4.74. The molecular formula is C12H21N5. The van der Waals surface area contributed by atoms with Gasteiger partial charge >= 0.3 is 0 Å². The SMILES string of the molecule is CC(c1nc(C2CC2)nn1C)N1CCNCC1. The van der Waals surface area contributed by atoms with E-state index in [4.69, 9.17) is 4.98 Å². The Hall–Kier alpha value is -0.940. The Morgan fingerprint density at radius 3 is 2.65 bits per heavy atom. The highest BCUT2D eigenvalue weighted by Crippen LogP contribution is 2.38. The molecule has 5 nitrogen and oxygen atoms in total. The first kappa shape index (κ1) is 11.2. The van der Waals surface area contributed by atoms with Gasteiger partial charge in [0.05, 0.1) is 6.04 Å². The third-order valence-corrected chi connectivity index (χ3v) is 3.83. The molecule has 0 radical (unpaired) electrons. The normalized spacial score (nSPS) is 23.9. The maximum absolute atomic E-state index is 4.74. The summed E-state index contributed by atoms with van der Waals surface area (Å²) in [5, 5.41) is 7.94. The molecular weight excluding hydrogens is 214 g/mol. The van der Waals surface area contributed by atoms with Gasteiger partial charge in [-0.3, -0.25) is 9.58 Å². The lowest BCUT2D eigenvalue weighted by Crippen LogP contribution is -2.44. The van der Waals surface area contributed by atoms with E-state index >= 15 is 0 Å². The molecule has 2 heterocycles. The molecule has 0 bridgehead atoms. The van der Waals surface area contributed by atoms with Crippen LogP contribution in [-0.2, 0) is 7.05 Å². The smallest absolute Gasteiger partial charge is 0.154 e. The summed E-state index contributed by atoms with van der Waals surface area (Å²) in [6, 6.07) is 0.377. The first-order chi connectivity index (χ1) is 8.25.